The van der Waals surface area contributed by atoms with Crippen LogP contribution in [0, 0.1) is 5.92 Å². The van der Waals surface area contributed by atoms with Crippen LogP contribution in [0.5, 0.6) is 0 Å². The van der Waals surface area contributed by atoms with Gasteiger partial charge >= 0.3 is 0 Å². The van der Waals surface area contributed by atoms with Crippen LogP contribution >= 0.6 is 34.7 Å². The van der Waals surface area contributed by atoms with Crippen LogP contribution in [0.25, 0.3) is 0 Å². The van der Waals surface area contributed by atoms with Crippen LogP contribution in [-0.4, -0.2) is 54.0 Å². The second-order valence-corrected chi connectivity index (χ2v) is 12.7. The smallest absolute Gasteiger partial charge is 0.276 e. The highest BCUT2D eigenvalue weighted by molar-refractivity contribution is 7.98. The first kappa shape index (κ1) is 23.5. The van der Waals surface area contributed by atoms with Crippen LogP contribution in [0.3, 0.4) is 0 Å². The molecule has 0 aromatic carbocycles. The van der Waals surface area contributed by atoms with Gasteiger partial charge in [-0.25, -0.2) is 18.4 Å². The van der Waals surface area contributed by atoms with Crippen LogP contribution in [0.1, 0.15) is 51.1 Å². The maximum atomic E-state index is 13.2. The second-order valence-electron chi connectivity index (χ2n) is 8.14. The minimum Gasteiger partial charge on any atom is -0.348 e. The van der Waals surface area contributed by atoms with Crippen LogP contribution in [0.15, 0.2) is 11.4 Å². The number of carbonyl (C=O) groups is 2. The van der Waals surface area contributed by atoms with Crippen molar-refractivity contribution in [2.75, 3.05) is 23.1 Å². The summed E-state index contributed by atoms with van der Waals surface area (Å²) < 4.78 is 23.6. The van der Waals surface area contributed by atoms with Crippen molar-refractivity contribution in [2.24, 2.45) is 5.92 Å². The predicted molar refractivity (Wildman–Crippen MR) is 127 cm³/mol. The topological polar surface area (TPSA) is 118 Å². The van der Waals surface area contributed by atoms with Crippen molar-refractivity contribution >= 4 is 61.4 Å². The molecule has 0 bridgehead atoms. The van der Waals surface area contributed by atoms with E-state index in [0.717, 1.165) is 29.7 Å². The number of hydrogen-bond donors (Lipinski definition) is 2. The molecule has 172 valence electrons. The van der Waals surface area contributed by atoms with E-state index in [0.29, 0.717) is 28.1 Å². The molecule has 2 aromatic rings. The second kappa shape index (κ2) is 9.28. The third-order valence-electron chi connectivity index (χ3n) is 5.65. The van der Waals surface area contributed by atoms with Crippen LogP contribution in [-0.2, 0) is 22.7 Å². The molecule has 8 nitrogen and oxygen atoms in total. The Bertz CT molecular complexity index is 1180. The number of thioether (sulfide) groups is 1. The van der Waals surface area contributed by atoms with Crippen molar-refractivity contribution in [3.05, 3.63) is 32.9 Å². The van der Waals surface area contributed by atoms with Crippen LogP contribution in [0.4, 0.5) is 5.00 Å². The Morgan fingerprint density at radius 1 is 1.28 bits per heavy atom. The maximum absolute atomic E-state index is 13.2. The predicted octanol–water partition coefficient (Wildman–Crippen LogP) is 3.21. The van der Waals surface area contributed by atoms with E-state index in [4.69, 9.17) is 11.6 Å². The highest BCUT2D eigenvalue weighted by Gasteiger charge is 2.33. The summed E-state index contributed by atoms with van der Waals surface area (Å²) in [6.45, 7) is 2.16. The lowest BCUT2D eigenvalue weighted by molar-refractivity contribution is 0.0941. The Labute approximate surface area is 199 Å². The summed E-state index contributed by atoms with van der Waals surface area (Å²) in [6.07, 6.45) is 6.09. The number of halogens is 1. The van der Waals surface area contributed by atoms with Crippen LogP contribution in [0.2, 0.25) is 5.02 Å². The number of nitrogens with one attached hydrogen (secondary N) is 2. The fourth-order valence-electron chi connectivity index (χ4n) is 4.02. The molecular formula is C20H23ClN4O4S3. The van der Waals surface area contributed by atoms with Gasteiger partial charge in [-0.05, 0) is 43.4 Å². The zero-order valence-corrected chi connectivity index (χ0v) is 20.8. The average Bonchev–Trinajstić information content (AvgIpc) is 3.26. The third kappa shape index (κ3) is 4.95. The summed E-state index contributed by atoms with van der Waals surface area (Å²) in [5.41, 5.74) is 1.39. The molecule has 2 N–H and O–H groups in total. The molecule has 0 saturated carbocycles. The molecular weight excluding hydrogens is 492 g/mol. The number of fused-ring (bicyclic) bond motifs is 1. The molecule has 4 rings (SSSR count). The van der Waals surface area contributed by atoms with E-state index >= 15 is 0 Å². The summed E-state index contributed by atoms with van der Waals surface area (Å²) >= 11 is 8.83. The number of sulfone groups is 1. The lowest BCUT2D eigenvalue weighted by Gasteiger charge is -2.19. The summed E-state index contributed by atoms with van der Waals surface area (Å²) in [7, 11) is -3.12. The zero-order chi connectivity index (χ0) is 23.0. The quantitative estimate of drug-likeness (QED) is 0.464. The first-order chi connectivity index (χ1) is 15.2. The SMILES string of the molecule is CSc1ncc(Cl)c(C(=O)Nc2sc3c(c2C(=O)N[C@@H]2CCS(=O)(=O)C2)CC[C@@H](C)C3)n1. The molecule has 2 aliphatic rings. The molecule has 2 aromatic heterocycles. The fraction of sp³-hybridized carbons (Fsp3) is 0.500. The molecule has 0 radical (unpaired) electrons. The lowest BCUT2D eigenvalue weighted by atomic mass is 9.88. The Morgan fingerprint density at radius 3 is 2.75 bits per heavy atom. The van der Waals surface area contributed by atoms with Gasteiger partial charge in [0.25, 0.3) is 11.8 Å². The minimum atomic E-state index is -3.12. The molecule has 0 spiro atoms. The number of hydrogen-bond acceptors (Lipinski definition) is 8. The Hall–Kier alpha value is -1.69. The molecule has 1 saturated heterocycles. The number of amides is 2. The number of rotatable bonds is 5. The largest absolute Gasteiger partial charge is 0.348 e. The van der Waals surface area contributed by atoms with Gasteiger partial charge in [-0.3, -0.25) is 9.59 Å². The lowest BCUT2D eigenvalue weighted by Crippen LogP contribution is -2.36. The van der Waals surface area contributed by atoms with Gasteiger partial charge in [0.2, 0.25) is 0 Å². The highest BCUT2D eigenvalue weighted by Crippen LogP contribution is 2.40. The van der Waals surface area contributed by atoms with E-state index in [1.54, 1.807) is 6.26 Å². The van der Waals surface area contributed by atoms with Crippen molar-refractivity contribution in [1.29, 1.82) is 0 Å². The van der Waals surface area contributed by atoms with Gasteiger partial charge in [0.05, 0.1) is 28.3 Å². The van der Waals surface area contributed by atoms with Gasteiger partial charge in [-0.1, -0.05) is 30.3 Å². The molecule has 12 heteroatoms. The van der Waals surface area contributed by atoms with Crippen molar-refractivity contribution in [3.8, 4) is 0 Å². The summed E-state index contributed by atoms with van der Waals surface area (Å²) in [5, 5.41) is 6.67. The molecule has 1 fully saturated rings. The van der Waals surface area contributed by atoms with Crippen molar-refractivity contribution in [1.82, 2.24) is 15.3 Å². The van der Waals surface area contributed by atoms with Gasteiger partial charge in [0, 0.05) is 10.9 Å². The van der Waals surface area contributed by atoms with E-state index in [1.807, 2.05) is 0 Å². The van der Waals surface area contributed by atoms with Gasteiger partial charge < -0.3 is 10.6 Å². The summed E-state index contributed by atoms with van der Waals surface area (Å²) in [6, 6.07) is -0.422. The molecule has 1 aliphatic carbocycles. The van der Waals surface area contributed by atoms with E-state index in [-0.39, 0.29) is 28.1 Å². The monoisotopic (exact) mass is 514 g/mol. The number of carbonyl (C=O) groups excluding carboxylic acids is 2. The first-order valence-corrected chi connectivity index (χ1v) is 14.4. The van der Waals surface area contributed by atoms with Gasteiger partial charge in [0.15, 0.2) is 20.7 Å². The first-order valence-electron chi connectivity index (χ1n) is 10.2. The van der Waals surface area contributed by atoms with Crippen molar-refractivity contribution in [2.45, 2.75) is 43.8 Å². The molecule has 3 heterocycles. The number of aromatic nitrogens is 2. The normalized spacial score (nSPS) is 21.7. The summed E-state index contributed by atoms with van der Waals surface area (Å²) in [4.78, 5) is 35.5. The zero-order valence-electron chi connectivity index (χ0n) is 17.6. The third-order valence-corrected chi connectivity index (χ3v) is 9.43. The average molecular weight is 515 g/mol. The molecule has 32 heavy (non-hydrogen) atoms. The Kier molecular flexibility index (Phi) is 6.81. The Balaban J connectivity index is 1.64. The van der Waals surface area contributed by atoms with Gasteiger partial charge in [-0.15, -0.1) is 11.3 Å². The van der Waals surface area contributed by atoms with E-state index in [1.165, 1.54) is 29.3 Å². The van der Waals surface area contributed by atoms with E-state index in [9.17, 15) is 18.0 Å². The number of nitrogens with zero attached hydrogens (tertiary/aromatic N) is 2. The maximum Gasteiger partial charge on any atom is 0.276 e. The van der Waals surface area contributed by atoms with Gasteiger partial charge in [-0.2, -0.15) is 0 Å². The fourth-order valence-corrected chi connectivity index (χ4v) is 7.61. The Morgan fingerprint density at radius 2 is 2.06 bits per heavy atom. The minimum absolute atomic E-state index is 0.0407. The van der Waals surface area contributed by atoms with Crippen molar-refractivity contribution < 1.29 is 18.0 Å². The van der Waals surface area contributed by atoms with E-state index < -0.39 is 21.8 Å². The molecule has 2 amide bonds. The highest BCUT2D eigenvalue weighted by atomic mass is 35.5. The molecule has 1 aliphatic heterocycles. The van der Waals surface area contributed by atoms with Gasteiger partial charge in [0.1, 0.15) is 5.00 Å². The van der Waals surface area contributed by atoms with Crippen LogP contribution < -0.4 is 10.6 Å². The molecule has 2 atom stereocenters. The summed E-state index contributed by atoms with van der Waals surface area (Å²) in [5.74, 6) is -0.367. The van der Waals surface area contributed by atoms with Crippen molar-refractivity contribution in [3.63, 3.8) is 0 Å². The number of thiophene rings is 1. The molecule has 0 unspecified atom stereocenters. The standard InChI is InChI=1S/C20H23ClN4O4S3/c1-10-3-4-12-14(7-10)31-19(15(12)17(26)23-11-5-6-32(28,29)9-11)25-18(27)16-13(21)8-22-20(24-16)30-2/h8,10-11H,3-7,9H2,1-2H3,(H,23,26)(H,25,27)/t10-,11-/m1/s1. The van der Waals surface area contributed by atoms with E-state index in [2.05, 4.69) is 27.5 Å². The number of anilines is 1.